The van der Waals surface area contributed by atoms with E-state index >= 15 is 0 Å². The summed E-state index contributed by atoms with van der Waals surface area (Å²) >= 11 is 2.93. The second kappa shape index (κ2) is 5.48. The molecule has 0 saturated carbocycles. The van der Waals surface area contributed by atoms with E-state index in [0.29, 0.717) is 0 Å². The predicted molar refractivity (Wildman–Crippen MR) is 33.3 cm³/mol. The van der Waals surface area contributed by atoms with Gasteiger partial charge in [-0.25, -0.2) is 0 Å². The van der Waals surface area contributed by atoms with Gasteiger partial charge in [-0.3, -0.25) is 0 Å². The van der Waals surface area contributed by atoms with Crippen LogP contribution in [0, 0.1) is 0 Å². The van der Waals surface area contributed by atoms with Gasteiger partial charge >= 0.3 is 0 Å². The molecule has 0 fully saturated rings. The lowest BCUT2D eigenvalue weighted by Crippen LogP contribution is -1.70. The maximum Gasteiger partial charge on any atom is 0.0275 e. The van der Waals surface area contributed by atoms with Gasteiger partial charge in [0.05, 0.1) is 0 Å². The van der Waals surface area contributed by atoms with Gasteiger partial charge in [-0.1, -0.05) is 35.6 Å². The molecule has 0 N–H and O–H groups in total. The summed E-state index contributed by atoms with van der Waals surface area (Å²) in [6.45, 7) is 1.64. The van der Waals surface area contributed by atoms with E-state index in [1.165, 1.54) is 0 Å². The van der Waals surface area contributed by atoms with Crippen molar-refractivity contribution in [2.24, 2.45) is 0 Å². The minimum atomic E-state index is -1.76. The van der Waals surface area contributed by atoms with Crippen molar-refractivity contribution >= 4 is 15.9 Å². The van der Waals surface area contributed by atoms with Gasteiger partial charge in [0.1, 0.15) is 0 Å². The third-order valence-electron chi connectivity index (χ3n) is 0.369. The Morgan fingerprint density at radius 2 is 2.33 bits per heavy atom. The molecule has 0 nitrogen and oxygen atoms in total. The maximum atomic E-state index is 7.24. The number of halogens is 1. The van der Waals surface area contributed by atoms with E-state index in [0.717, 1.165) is 0 Å². The van der Waals surface area contributed by atoms with Crippen molar-refractivity contribution in [3.63, 3.8) is 0 Å². The molecule has 6 heavy (non-hydrogen) atoms. The molecule has 0 aromatic heterocycles. The second-order valence-electron chi connectivity index (χ2n) is 0.841. The predicted octanol–water partition coefficient (Wildman–Crippen LogP) is 2.57. The van der Waals surface area contributed by atoms with E-state index in [1.54, 1.807) is 6.92 Å². The minimum absolute atomic E-state index is 0.0425. The van der Waals surface area contributed by atoms with Crippen LogP contribution in [-0.4, -0.2) is 5.33 Å². The summed E-state index contributed by atoms with van der Waals surface area (Å²) in [4.78, 5) is 0. The molecule has 0 radical (unpaired) electrons. The molecule has 0 aliphatic carbocycles. The Kier molecular flexibility index (Phi) is 1.98. The molecule has 38 valence electrons. The van der Waals surface area contributed by atoms with Crippen molar-refractivity contribution in [3.8, 4) is 0 Å². The first-order valence-electron chi connectivity index (χ1n) is 3.93. The van der Waals surface area contributed by atoms with Crippen LogP contribution in [-0.2, 0) is 0 Å². The van der Waals surface area contributed by atoms with Crippen LogP contribution >= 0.6 is 15.9 Å². The molecule has 0 aliphatic heterocycles. The molecule has 0 spiro atoms. The van der Waals surface area contributed by atoms with Crippen LogP contribution in [0.25, 0.3) is 0 Å². The zero-order valence-electron chi connectivity index (χ0n) is 7.79. The van der Waals surface area contributed by atoms with E-state index in [4.69, 9.17) is 5.48 Å². The van der Waals surface area contributed by atoms with Crippen molar-refractivity contribution in [2.75, 3.05) is 5.33 Å². The van der Waals surface area contributed by atoms with E-state index in [-0.39, 0.29) is 11.8 Å². The first kappa shape index (κ1) is 2.17. The zero-order chi connectivity index (χ0) is 8.41. The smallest absolute Gasteiger partial charge is 0.0275 e. The second-order valence-corrected chi connectivity index (χ2v) is 1.40. The molecule has 0 unspecified atom stereocenters. The van der Waals surface area contributed by atoms with Gasteiger partial charge in [0.15, 0.2) is 0 Å². The quantitative estimate of drug-likeness (QED) is 0.549. The van der Waals surface area contributed by atoms with Crippen molar-refractivity contribution < 1.29 is 5.48 Å². The first-order valence-corrected chi connectivity index (χ1v) is 3.05. The molecule has 0 aromatic rings. The van der Waals surface area contributed by atoms with E-state index < -0.39 is 12.7 Å². The summed E-state index contributed by atoms with van der Waals surface area (Å²) in [6.07, 6.45) is -3.29. The summed E-state index contributed by atoms with van der Waals surface area (Å²) in [6, 6.07) is 0. The summed E-state index contributed by atoms with van der Waals surface area (Å²) in [5.74, 6) is 0. The summed E-state index contributed by atoms with van der Waals surface area (Å²) in [5, 5.41) is 0.0425. The molecule has 0 aliphatic rings. The first-order chi connectivity index (χ1) is 4.37. The van der Waals surface area contributed by atoms with Gasteiger partial charge in [0.25, 0.3) is 0 Å². The lowest BCUT2D eigenvalue weighted by Gasteiger charge is -1.85. The monoisotopic (exact) mass is 154 g/mol. The Labute approximate surface area is 53.7 Å². The summed E-state index contributed by atoms with van der Waals surface area (Å²) in [7, 11) is 0. The minimum Gasteiger partial charge on any atom is -0.0928 e. The average Bonchev–Trinajstić information content (AvgIpc) is 1.88. The highest BCUT2D eigenvalue weighted by Crippen LogP contribution is 1.95. The van der Waals surface area contributed by atoms with Crippen LogP contribution in [0.4, 0.5) is 0 Å². The fourth-order valence-corrected chi connectivity index (χ4v) is 0.370. The third kappa shape index (κ3) is 4.48. The highest BCUT2D eigenvalue weighted by molar-refractivity contribution is 9.09. The molecule has 0 atom stereocenters. The lowest BCUT2D eigenvalue weighted by atomic mass is 10.3. The van der Waals surface area contributed by atoms with Crippen LogP contribution in [0.2, 0.25) is 0 Å². The van der Waals surface area contributed by atoms with Gasteiger partial charge in [-0.2, -0.15) is 0 Å². The van der Waals surface area contributed by atoms with E-state index in [1.807, 2.05) is 0 Å². The third-order valence-corrected chi connectivity index (χ3v) is 0.649. The Morgan fingerprint density at radius 1 is 1.67 bits per heavy atom. The Balaban J connectivity index is 4.28. The lowest BCUT2D eigenvalue weighted by molar-refractivity contribution is 0.781. The van der Waals surface area contributed by atoms with Crippen LogP contribution in [0.15, 0.2) is 0 Å². The average molecular weight is 155 g/mol. The highest BCUT2D eigenvalue weighted by atomic mass is 79.9. The zero-order valence-corrected chi connectivity index (χ0v) is 5.38. The maximum absolute atomic E-state index is 7.24. The van der Waals surface area contributed by atoms with Gasteiger partial charge in [0.2, 0.25) is 0 Å². The molecule has 0 rings (SSSR count). The molecule has 1 heteroatoms. The van der Waals surface area contributed by atoms with E-state index in [2.05, 4.69) is 15.9 Å². The van der Waals surface area contributed by atoms with Crippen molar-refractivity contribution in [3.05, 3.63) is 0 Å². The number of hydrogen-bond acceptors (Lipinski definition) is 0. The van der Waals surface area contributed by atoms with Crippen molar-refractivity contribution in [1.29, 1.82) is 0 Å². The molecule has 0 amide bonds. The van der Waals surface area contributed by atoms with Crippen LogP contribution in [0.3, 0.4) is 0 Å². The molecule has 0 saturated heterocycles. The molecule has 0 aromatic carbocycles. The molecular formula is C5H11Br. The standard InChI is InChI=1S/C5H11Br/c1-2-3-4-5-6/h2-5H2,1H3/i3D2,4D2. The Hall–Kier alpha value is 0.480. The van der Waals surface area contributed by atoms with Gasteiger partial charge < -0.3 is 0 Å². The van der Waals surface area contributed by atoms with Gasteiger partial charge in [-0.15, -0.1) is 0 Å². The van der Waals surface area contributed by atoms with Crippen molar-refractivity contribution in [1.82, 2.24) is 0 Å². The Bertz CT molecular complexity index is 98.2. The SMILES string of the molecule is [2H]C([2H])(CC)C([2H])([2H])CBr. The summed E-state index contributed by atoms with van der Waals surface area (Å²) < 4.78 is 28.9. The summed E-state index contributed by atoms with van der Waals surface area (Å²) in [5.41, 5.74) is 0. The van der Waals surface area contributed by atoms with Crippen LogP contribution in [0.5, 0.6) is 0 Å². The topological polar surface area (TPSA) is 0 Å². The molecule has 0 heterocycles. The van der Waals surface area contributed by atoms with Crippen molar-refractivity contribution in [2.45, 2.75) is 26.1 Å². The number of alkyl halides is 1. The van der Waals surface area contributed by atoms with Gasteiger partial charge in [0, 0.05) is 10.8 Å². The fraction of sp³-hybridized carbons (Fsp3) is 1.00. The normalized spacial score (nSPS) is 23.7. The van der Waals surface area contributed by atoms with Gasteiger partial charge in [-0.05, 0) is 6.37 Å². The Morgan fingerprint density at radius 3 is 2.50 bits per heavy atom. The molecule has 0 bridgehead atoms. The largest absolute Gasteiger partial charge is 0.0928 e. The van der Waals surface area contributed by atoms with Crippen LogP contribution < -0.4 is 0 Å². The molecular weight excluding hydrogens is 140 g/mol. The number of hydrogen-bond donors (Lipinski definition) is 0. The highest BCUT2D eigenvalue weighted by Gasteiger charge is 1.76. The fourth-order valence-electron chi connectivity index (χ4n) is 0.172. The van der Waals surface area contributed by atoms with E-state index in [9.17, 15) is 0 Å². The number of rotatable bonds is 3. The van der Waals surface area contributed by atoms with Crippen LogP contribution in [0.1, 0.15) is 31.6 Å².